The number of nitrogens with zero attached hydrogens (tertiary/aromatic N) is 1. The van der Waals surface area contributed by atoms with Gasteiger partial charge < -0.3 is 4.98 Å². The van der Waals surface area contributed by atoms with Gasteiger partial charge in [-0.05, 0) is 58.5 Å². The van der Waals surface area contributed by atoms with E-state index in [2.05, 4.69) is 36.8 Å². The van der Waals surface area contributed by atoms with Gasteiger partial charge in [0.15, 0.2) is 4.77 Å². The number of fused-ring (bicyclic) bond motifs is 1. The SMILES string of the molecule is Fc1ccc2[nH]c(=S)n(-c3cc(Br)ccc3Br)c2c1. The van der Waals surface area contributed by atoms with Crippen LogP contribution in [0.25, 0.3) is 16.7 Å². The number of aromatic amines is 1. The van der Waals surface area contributed by atoms with Gasteiger partial charge in [0, 0.05) is 15.0 Å². The van der Waals surface area contributed by atoms with Crippen molar-refractivity contribution >= 4 is 55.1 Å². The lowest BCUT2D eigenvalue weighted by atomic mass is 10.2. The van der Waals surface area contributed by atoms with Crippen molar-refractivity contribution in [1.29, 1.82) is 0 Å². The van der Waals surface area contributed by atoms with Gasteiger partial charge in [-0.3, -0.25) is 4.57 Å². The molecule has 3 rings (SSSR count). The van der Waals surface area contributed by atoms with Crippen molar-refractivity contribution in [2.24, 2.45) is 0 Å². The quantitative estimate of drug-likeness (QED) is 0.545. The van der Waals surface area contributed by atoms with Crippen molar-refractivity contribution in [2.45, 2.75) is 0 Å². The fourth-order valence-corrected chi connectivity index (χ4v) is 3.05. The zero-order chi connectivity index (χ0) is 13.6. The smallest absolute Gasteiger partial charge is 0.182 e. The zero-order valence-corrected chi connectivity index (χ0v) is 13.4. The Balaban J connectivity index is 2.42. The molecule has 1 N–H and O–H groups in total. The molecule has 0 aliphatic heterocycles. The predicted octanol–water partition coefficient (Wildman–Crippen LogP) is 5.35. The number of halogens is 3. The highest BCUT2D eigenvalue weighted by Crippen LogP contribution is 2.28. The second-order valence-electron chi connectivity index (χ2n) is 4.02. The molecule has 0 amide bonds. The van der Waals surface area contributed by atoms with E-state index >= 15 is 0 Å². The van der Waals surface area contributed by atoms with Crippen LogP contribution >= 0.6 is 44.1 Å². The largest absolute Gasteiger partial charge is 0.330 e. The van der Waals surface area contributed by atoms with Crippen LogP contribution in [0.15, 0.2) is 45.3 Å². The molecule has 2 nitrogen and oxygen atoms in total. The van der Waals surface area contributed by atoms with Crippen molar-refractivity contribution in [2.75, 3.05) is 0 Å². The molecule has 0 saturated carbocycles. The minimum Gasteiger partial charge on any atom is -0.330 e. The summed E-state index contributed by atoms with van der Waals surface area (Å²) in [6.45, 7) is 0. The van der Waals surface area contributed by atoms with Crippen LogP contribution in [0.4, 0.5) is 4.39 Å². The van der Waals surface area contributed by atoms with E-state index in [9.17, 15) is 4.39 Å². The van der Waals surface area contributed by atoms with Crippen molar-refractivity contribution in [1.82, 2.24) is 9.55 Å². The second kappa shape index (κ2) is 4.85. The van der Waals surface area contributed by atoms with Gasteiger partial charge in [0.25, 0.3) is 0 Å². The Kier molecular flexibility index (Phi) is 3.32. The molecule has 0 unspecified atom stereocenters. The van der Waals surface area contributed by atoms with Crippen molar-refractivity contribution in [3.8, 4) is 5.69 Å². The summed E-state index contributed by atoms with van der Waals surface area (Å²) in [6.07, 6.45) is 0. The maximum atomic E-state index is 13.4. The van der Waals surface area contributed by atoms with Gasteiger partial charge in [0.05, 0.1) is 16.7 Å². The highest BCUT2D eigenvalue weighted by atomic mass is 79.9. The lowest BCUT2D eigenvalue weighted by molar-refractivity contribution is 0.629. The number of benzene rings is 2. The van der Waals surface area contributed by atoms with Gasteiger partial charge in [-0.2, -0.15) is 0 Å². The summed E-state index contributed by atoms with van der Waals surface area (Å²) >= 11 is 12.3. The molecule has 0 atom stereocenters. The molecular weight excluding hydrogens is 395 g/mol. The van der Waals surface area contributed by atoms with Crippen molar-refractivity contribution in [3.05, 3.63) is 55.9 Å². The zero-order valence-electron chi connectivity index (χ0n) is 9.45. The minimum absolute atomic E-state index is 0.290. The van der Waals surface area contributed by atoms with E-state index in [1.807, 2.05) is 22.8 Å². The van der Waals surface area contributed by atoms with Crippen LogP contribution in [0, 0.1) is 10.6 Å². The first-order chi connectivity index (χ1) is 9.06. The Bertz CT molecular complexity index is 838. The fraction of sp³-hybridized carbons (Fsp3) is 0. The summed E-state index contributed by atoms with van der Waals surface area (Å²) in [5.41, 5.74) is 2.37. The summed E-state index contributed by atoms with van der Waals surface area (Å²) in [7, 11) is 0. The van der Waals surface area contributed by atoms with Crippen LogP contribution in [-0.4, -0.2) is 9.55 Å². The Labute approximate surface area is 130 Å². The van der Waals surface area contributed by atoms with E-state index in [1.54, 1.807) is 6.07 Å². The van der Waals surface area contributed by atoms with E-state index in [0.29, 0.717) is 10.3 Å². The molecular formula is C13H7Br2FN2S. The monoisotopic (exact) mass is 400 g/mol. The average Bonchev–Trinajstić information content (AvgIpc) is 2.68. The predicted molar refractivity (Wildman–Crippen MR) is 83.8 cm³/mol. The summed E-state index contributed by atoms with van der Waals surface area (Å²) in [5.74, 6) is -0.290. The molecule has 6 heteroatoms. The van der Waals surface area contributed by atoms with E-state index in [0.717, 1.165) is 20.1 Å². The standard InChI is InChI=1S/C13H7Br2FN2S/c14-7-1-3-9(15)11(5-7)18-12-6-8(16)2-4-10(12)17-13(18)19/h1-6H,(H,17,19). The number of H-pyrrole nitrogens is 1. The summed E-state index contributed by atoms with van der Waals surface area (Å²) in [4.78, 5) is 3.07. The first-order valence-electron chi connectivity index (χ1n) is 5.42. The lowest BCUT2D eigenvalue weighted by Gasteiger charge is -2.08. The number of imidazole rings is 1. The van der Waals surface area contributed by atoms with Crippen LogP contribution in [0.1, 0.15) is 0 Å². The summed E-state index contributed by atoms with van der Waals surface area (Å²) in [6, 6.07) is 10.3. The molecule has 0 bridgehead atoms. The third kappa shape index (κ3) is 2.28. The van der Waals surface area contributed by atoms with Crippen LogP contribution < -0.4 is 0 Å². The number of aromatic nitrogens is 2. The number of rotatable bonds is 1. The van der Waals surface area contributed by atoms with Gasteiger partial charge >= 0.3 is 0 Å². The minimum atomic E-state index is -0.290. The Morgan fingerprint density at radius 3 is 2.68 bits per heavy atom. The Morgan fingerprint density at radius 1 is 1.11 bits per heavy atom. The maximum Gasteiger partial charge on any atom is 0.182 e. The van der Waals surface area contributed by atoms with Gasteiger partial charge in [0.1, 0.15) is 5.82 Å². The third-order valence-corrected chi connectivity index (χ3v) is 4.24. The van der Waals surface area contributed by atoms with Gasteiger partial charge in [-0.25, -0.2) is 4.39 Å². The van der Waals surface area contributed by atoms with Crippen molar-refractivity contribution in [3.63, 3.8) is 0 Å². The van der Waals surface area contributed by atoms with Gasteiger partial charge in [-0.1, -0.05) is 15.9 Å². The Hall–Kier alpha value is -0.980. The van der Waals surface area contributed by atoms with E-state index in [1.165, 1.54) is 12.1 Å². The molecule has 96 valence electrons. The molecule has 0 saturated heterocycles. The topological polar surface area (TPSA) is 20.7 Å². The molecule has 3 aromatic rings. The molecule has 1 heterocycles. The first-order valence-corrected chi connectivity index (χ1v) is 7.41. The normalized spacial score (nSPS) is 11.1. The Morgan fingerprint density at radius 2 is 1.89 bits per heavy atom. The summed E-state index contributed by atoms with van der Waals surface area (Å²) in [5, 5.41) is 0. The fourth-order valence-electron chi connectivity index (χ4n) is 1.97. The number of nitrogens with one attached hydrogen (secondary N) is 1. The summed E-state index contributed by atoms with van der Waals surface area (Å²) < 4.78 is 17.6. The molecule has 2 aromatic carbocycles. The molecule has 0 fully saturated rings. The lowest BCUT2D eigenvalue weighted by Crippen LogP contribution is -1.95. The van der Waals surface area contributed by atoms with Crippen LogP contribution in [-0.2, 0) is 0 Å². The van der Waals surface area contributed by atoms with E-state index in [-0.39, 0.29) is 5.82 Å². The van der Waals surface area contributed by atoms with E-state index in [4.69, 9.17) is 12.2 Å². The number of hydrogen-bond acceptors (Lipinski definition) is 1. The van der Waals surface area contributed by atoms with Gasteiger partial charge in [0.2, 0.25) is 0 Å². The second-order valence-corrected chi connectivity index (χ2v) is 6.18. The third-order valence-electron chi connectivity index (χ3n) is 2.79. The molecule has 1 aromatic heterocycles. The highest BCUT2D eigenvalue weighted by molar-refractivity contribution is 9.11. The van der Waals surface area contributed by atoms with Crippen LogP contribution in [0.3, 0.4) is 0 Å². The van der Waals surface area contributed by atoms with Crippen LogP contribution in [0.2, 0.25) is 0 Å². The maximum absolute atomic E-state index is 13.4. The average molecular weight is 402 g/mol. The molecule has 0 aliphatic rings. The van der Waals surface area contributed by atoms with Crippen molar-refractivity contribution < 1.29 is 4.39 Å². The molecule has 0 spiro atoms. The molecule has 19 heavy (non-hydrogen) atoms. The van der Waals surface area contributed by atoms with Gasteiger partial charge in [-0.15, -0.1) is 0 Å². The van der Waals surface area contributed by atoms with Crippen LogP contribution in [0.5, 0.6) is 0 Å². The number of hydrogen-bond donors (Lipinski definition) is 1. The first kappa shape index (κ1) is 13.0. The highest BCUT2D eigenvalue weighted by Gasteiger charge is 2.10. The molecule has 0 aliphatic carbocycles. The molecule has 0 radical (unpaired) electrons. The van der Waals surface area contributed by atoms with E-state index < -0.39 is 0 Å².